The zero-order chi connectivity index (χ0) is 4.28. The number of hydrogen-bond acceptors (Lipinski definition) is 1. The van der Waals surface area contributed by atoms with Gasteiger partial charge in [-0.1, -0.05) is 6.92 Å². The fraction of sp³-hybridized carbons (Fsp3) is 0.200. The summed E-state index contributed by atoms with van der Waals surface area (Å²) in [6, 6.07) is 0. The van der Waals surface area contributed by atoms with Gasteiger partial charge >= 0.3 is 21.1 Å². The minimum absolute atomic E-state index is 0. The second-order valence-corrected chi connectivity index (χ2v) is 0.882. The standard InChI is InChI=1S/C4H5O.CH3.W/c1-4(2)3-5;;/h1H2,2H3;1H3;/q2*-1;+2. The third-order valence-electron chi connectivity index (χ3n) is 0.174. The van der Waals surface area contributed by atoms with Crippen LogP contribution in [0.4, 0.5) is 0 Å². The fourth-order valence-corrected chi connectivity index (χ4v) is 0. The molecule has 0 saturated heterocycles. The first-order valence-electron chi connectivity index (χ1n) is 1.31. The second kappa shape index (κ2) is 9.44. The molecule has 1 nitrogen and oxygen atoms in total. The van der Waals surface area contributed by atoms with Gasteiger partial charge in [0, 0.05) is 0 Å². The van der Waals surface area contributed by atoms with E-state index >= 15 is 0 Å². The molecule has 0 aromatic carbocycles. The summed E-state index contributed by atoms with van der Waals surface area (Å²) in [4.78, 5) is 9.28. The van der Waals surface area contributed by atoms with Gasteiger partial charge in [0.25, 0.3) is 0 Å². The topological polar surface area (TPSA) is 17.1 Å². The molecule has 0 N–H and O–H groups in total. The zero-order valence-electron chi connectivity index (χ0n) is 4.52. The van der Waals surface area contributed by atoms with Gasteiger partial charge in [-0.15, -0.1) is 0 Å². The predicted octanol–water partition coefficient (Wildman–Crippen LogP) is 1.12. The summed E-state index contributed by atoms with van der Waals surface area (Å²) in [6.07, 6.45) is 1.58. The van der Waals surface area contributed by atoms with E-state index in [0.717, 1.165) is 0 Å². The molecule has 7 heavy (non-hydrogen) atoms. The van der Waals surface area contributed by atoms with Gasteiger partial charge < -0.3 is 12.2 Å². The largest absolute Gasteiger partial charge is 2.00 e. The van der Waals surface area contributed by atoms with Crippen molar-refractivity contribution in [3.63, 3.8) is 0 Å². The van der Waals surface area contributed by atoms with E-state index in [1.54, 1.807) is 13.2 Å². The Balaban J connectivity index is -0.0000000800. The first-order chi connectivity index (χ1) is 2.27. The first kappa shape index (κ1) is 15.7. The van der Waals surface area contributed by atoms with Gasteiger partial charge in [0.15, 0.2) is 0 Å². The Hall–Kier alpha value is 0.0983. The maximum atomic E-state index is 9.28. The number of rotatable bonds is 1. The van der Waals surface area contributed by atoms with E-state index in [9.17, 15) is 4.79 Å². The van der Waals surface area contributed by atoms with E-state index in [4.69, 9.17) is 0 Å². The average Bonchev–Trinajstić information content (AvgIpc) is 1.38. The Morgan fingerprint density at radius 1 is 1.71 bits per heavy atom. The van der Waals surface area contributed by atoms with E-state index in [0.29, 0.717) is 5.57 Å². The van der Waals surface area contributed by atoms with Gasteiger partial charge in [0.2, 0.25) is 0 Å². The van der Waals surface area contributed by atoms with Crippen LogP contribution in [0.1, 0.15) is 6.92 Å². The van der Waals surface area contributed by atoms with Crippen LogP contribution in [0.15, 0.2) is 12.2 Å². The van der Waals surface area contributed by atoms with Crippen molar-refractivity contribution in [2.24, 2.45) is 0 Å². The van der Waals surface area contributed by atoms with Crippen LogP contribution < -0.4 is 0 Å². The van der Waals surface area contributed by atoms with Crippen LogP contribution in [0.2, 0.25) is 0 Å². The predicted molar refractivity (Wildman–Crippen MR) is 26.9 cm³/mol. The minimum Gasteiger partial charge on any atom is -0.419 e. The van der Waals surface area contributed by atoms with Gasteiger partial charge in [0.05, 0.1) is 0 Å². The smallest absolute Gasteiger partial charge is 0.419 e. The zero-order valence-corrected chi connectivity index (χ0v) is 7.46. The maximum absolute atomic E-state index is 9.28. The molecule has 0 rings (SSSR count). The van der Waals surface area contributed by atoms with Gasteiger partial charge in [-0.3, -0.25) is 0 Å². The van der Waals surface area contributed by atoms with Crippen molar-refractivity contribution in [1.82, 2.24) is 0 Å². The minimum atomic E-state index is 0. The molecule has 0 heterocycles. The SMILES string of the molecule is C=C(C)[C-]=O.[CH3-].[W+2]. The molecule has 0 aromatic heterocycles. The third kappa shape index (κ3) is 23.3. The number of carbonyl (C=O) groups excluding carboxylic acids is 1. The van der Waals surface area contributed by atoms with Crippen molar-refractivity contribution in [2.75, 3.05) is 0 Å². The Bertz CT molecular complexity index is 59.1. The Morgan fingerprint density at radius 2 is 1.86 bits per heavy atom. The molecule has 0 spiro atoms. The molecule has 0 aliphatic carbocycles. The summed E-state index contributed by atoms with van der Waals surface area (Å²) >= 11 is 0. The number of allylic oxidation sites excluding steroid dienone is 1. The molecule has 0 fully saturated rings. The number of hydrogen-bond donors (Lipinski definition) is 0. The van der Waals surface area contributed by atoms with Crippen molar-refractivity contribution in [2.45, 2.75) is 6.92 Å². The summed E-state index contributed by atoms with van der Waals surface area (Å²) in [7, 11) is 0. The van der Waals surface area contributed by atoms with E-state index in [1.165, 1.54) is 0 Å². The van der Waals surface area contributed by atoms with Crippen molar-refractivity contribution in [3.05, 3.63) is 19.6 Å². The molecule has 0 bridgehead atoms. The van der Waals surface area contributed by atoms with Crippen molar-refractivity contribution < 1.29 is 25.9 Å². The van der Waals surface area contributed by atoms with Crippen LogP contribution in [0, 0.1) is 7.43 Å². The van der Waals surface area contributed by atoms with Gasteiger partial charge in [0.1, 0.15) is 0 Å². The normalized spacial score (nSPS) is 4.71. The van der Waals surface area contributed by atoms with Crippen LogP contribution in [0.3, 0.4) is 0 Å². The molecule has 40 valence electrons. The monoisotopic (exact) mass is 268 g/mol. The first-order valence-corrected chi connectivity index (χ1v) is 1.31. The fourth-order valence-electron chi connectivity index (χ4n) is 0. The van der Waals surface area contributed by atoms with Crippen molar-refractivity contribution in [3.8, 4) is 0 Å². The molecule has 0 saturated carbocycles. The molecule has 0 aliphatic rings. The summed E-state index contributed by atoms with van der Waals surface area (Å²) in [5, 5.41) is 0. The maximum Gasteiger partial charge on any atom is 2.00 e. The van der Waals surface area contributed by atoms with Crippen molar-refractivity contribution in [1.29, 1.82) is 0 Å². The van der Waals surface area contributed by atoms with E-state index in [1.807, 2.05) is 0 Å². The van der Waals surface area contributed by atoms with E-state index < -0.39 is 0 Å². The Labute approximate surface area is 59.1 Å². The molecule has 0 aliphatic heterocycles. The Kier molecular flexibility index (Phi) is 21.2. The summed E-state index contributed by atoms with van der Waals surface area (Å²) in [6.45, 7) is 4.85. The average molecular weight is 268 g/mol. The van der Waals surface area contributed by atoms with Gasteiger partial charge in [-0.25, -0.2) is 6.58 Å². The molecule has 0 atom stereocenters. The van der Waals surface area contributed by atoms with Crippen LogP contribution in [-0.2, 0) is 25.9 Å². The summed E-state index contributed by atoms with van der Waals surface area (Å²) in [5.41, 5.74) is 0.449. The quantitative estimate of drug-likeness (QED) is 0.514. The Morgan fingerprint density at radius 3 is 1.86 bits per heavy atom. The molecule has 0 radical (unpaired) electrons. The van der Waals surface area contributed by atoms with Crippen LogP contribution in [0.5, 0.6) is 0 Å². The molecule has 2 heteroatoms. The second-order valence-electron chi connectivity index (χ2n) is 0.882. The van der Waals surface area contributed by atoms with Crippen molar-refractivity contribution >= 4 is 6.29 Å². The van der Waals surface area contributed by atoms with Gasteiger partial charge in [-0.05, 0) is 6.29 Å². The molecular formula is C5H8OW. The van der Waals surface area contributed by atoms with Crippen LogP contribution in [0.25, 0.3) is 0 Å². The molecular weight excluding hydrogens is 260 g/mol. The third-order valence-corrected chi connectivity index (χ3v) is 0.174. The van der Waals surface area contributed by atoms with Crippen LogP contribution >= 0.6 is 0 Å². The molecule has 0 aromatic rings. The van der Waals surface area contributed by atoms with Gasteiger partial charge in [-0.2, -0.15) is 5.57 Å². The molecule has 0 unspecified atom stereocenters. The van der Waals surface area contributed by atoms with E-state index in [2.05, 4.69) is 6.58 Å². The summed E-state index contributed by atoms with van der Waals surface area (Å²) < 4.78 is 0. The summed E-state index contributed by atoms with van der Waals surface area (Å²) in [5.74, 6) is 0. The van der Waals surface area contributed by atoms with Crippen LogP contribution in [-0.4, -0.2) is 6.29 Å². The molecule has 0 amide bonds. The van der Waals surface area contributed by atoms with E-state index in [-0.39, 0.29) is 28.5 Å².